The molecule has 152 valence electrons. The molecule has 0 aliphatic heterocycles. The van der Waals surface area contributed by atoms with Crippen molar-refractivity contribution in [1.29, 1.82) is 0 Å². The summed E-state index contributed by atoms with van der Waals surface area (Å²) in [5.41, 5.74) is 0.495. The molecule has 28 heavy (non-hydrogen) atoms. The Morgan fingerprint density at radius 3 is 2.57 bits per heavy atom. The second-order valence-electron chi connectivity index (χ2n) is 6.27. The van der Waals surface area contributed by atoms with E-state index in [2.05, 4.69) is 29.5 Å². The number of nitrogens with one attached hydrogen (secondary N) is 3. The number of quaternary nitrogens is 1. The van der Waals surface area contributed by atoms with Gasteiger partial charge in [0.1, 0.15) is 0 Å². The van der Waals surface area contributed by atoms with Crippen LogP contribution in [0.1, 0.15) is 20.8 Å². The van der Waals surface area contributed by atoms with Crippen LogP contribution in [0.3, 0.4) is 0 Å². The number of amides is 3. The SMILES string of the molecule is CCNC(=O)NC(=O)CSc1nc2ccccc2c(=O)n1CC[NH+](CC)CC. The number of likely N-dealkylation sites (N-methyl/N-ethyl adjacent to an activating group) is 1. The molecule has 2 aromatic rings. The highest BCUT2D eigenvalue weighted by atomic mass is 32.2. The molecule has 1 heterocycles. The molecule has 1 aromatic heterocycles. The van der Waals surface area contributed by atoms with E-state index in [1.165, 1.54) is 4.90 Å². The molecule has 3 N–H and O–H groups in total. The third kappa shape index (κ3) is 5.80. The van der Waals surface area contributed by atoms with Crippen LogP contribution in [0.2, 0.25) is 0 Å². The Hall–Kier alpha value is -2.39. The van der Waals surface area contributed by atoms with Gasteiger partial charge in [0, 0.05) is 6.54 Å². The smallest absolute Gasteiger partial charge is 0.321 e. The Kier molecular flexibility index (Phi) is 8.46. The Bertz CT molecular complexity index is 879. The van der Waals surface area contributed by atoms with Crippen LogP contribution in [0.25, 0.3) is 10.9 Å². The zero-order valence-corrected chi connectivity index (χ0v) is 17.4. The predicted octanol–water partition coefficient (Wildman–Crippen LogP) is 0.259. The third-order valence-electron chi connectivity index (χ3n) is 4.44. The molecule has 2 rings (SSSR count). The van der Waals surface area contributed by atoms with Crippen molar-refractivity contribution in [2.24, 2.45) is 0 Å². The number of para-hydroxylation sites is 1. The number of fused-ring (bicyclic) bond motifs is 1. The molecule has 0 saturated heterocycles. The van der Waals surface area contributed by atoms with Crippen molar-refractivity contribution in [2.75, 3.05) is 31.9 Å². The highest BCUT2D eigenvalue weighted by Gasteiger charge is 2.15. The molecule has 8 nitrogen and oxygen atoms in total. The van der Waals surface area contributed by atoms with E-state index < -0.39 is 11.9 Å². The second kappa shape index (κ2) is 10.8. The van der Waals surface area contributed by atoms with Gasteiger partial charge in [-0.05, 0) is 32.9 Å². The topological polar surface area (TPSA) is 97.5 Å². The van der Waals surface area contributed by atoms with E-state index in [1.54, 1.807) is 23.6 Å². The molecule has 9 heteroatoms. The standard InChI is InChI=1S/C19H27N5O3S/c1-4-20-18(27)22-16(25)13-28-19-21-15-10-8-7-9-14(15)17(26)24(19)12-11-23(5-2)6-3/h7-10H,4-6,11-13H2,1-3H3,(H2,20,22,25,27)/p+1. The molecular formula is C19H28N5O3S+. The number of imide groups is 1. The Morgan fingerprint density at radius 1 is 1.18 bits per heavy atom. The van der Waals surface area contributed by atoms with Crippen LogP contribution in [0.4, 0.5) is 4.79 Å². The van der Waals surface area contributed by atoms with Gasteiger partial charge in [0.25, 0.3) is 5.56 Å². The highest BCUT2D eigenvalue weighted by molar-refractivity contribution is 7.99. The number of hydrogen-bond donors (Lipinski definition) is 3. The van der Waals surface area contributed by atoms with Gasteiger partial charge < -0.3 is 10.2 Å². The molecule has 0 unspecified atom stereocenters. The first-order chi connectivity index (χ1) is 13.5. The van der Waals surface area contributed by atoms with Crippen LogP contribution < -0.4 is 21.1 Å². The van der Waals surface area contributed by atoms with E-state index in [1.807, 2.05) is 12.1 Å². The van der Waals surface area contributed by atoms with E-state index in [-0.39, 0.29) is 11.3 Å². The van der Waals surface area contributed by atoms with Gasteiger partial charge in [-0.15, -0.1) is 0 Å². The van der Waals surface area contributed by atoms with Crippen molar-refractivity contribution >= 4 is 34.6 Å². The summed E-state index contributed by atoms with van der Waals surface area (Å²) in [6, 6.07) is 6.67. The van der Waals surface area contributed by atoms with Gasteiger partial charge in [-0.2, -0.15) is 0 Å². The van der Waals surface area contributed by atoms with Gasteiger partial charge in [0.15, 0.2) is 5.16 Å². The fraction of sp³-hybridized carbons (Fsp3) is 0.474. The number of thioether (sulfide) groups is 1. The molecule has 0 saturated carbocycles. The zero-order valence-electron chi connectivity index (χ0n) is 16.6. The lowest BCUT2D eigenvalue weighted by Gasteiger charge is -2.18. The first-order valence-electron chi connectivity index (χ1n) is 9.53. The van der Waals surface area contributed by atoms with Gasteiger partial charge in [-0.3, -0.25) is 19.5 Å². The first-order valence-corrected chi connectivity index (χ1v) is 10.5. The van der Waals surface area contributed by atoms with Crippen LogP contribution in [0.15, 0.2) is 34.2 Å². The summed E-state index contributed by atoms with van der Waals surface area (Å²) in [5, 5.41) is 5.82. The maximum atomic E-state index is 13.0. The molecule has 1 aromatic carbocycles. The lowest BCUT2D eigenvalue weighted by atomic mass is 10.2. The Balaban J connectivity index is 2.24. The Morgan fingerprint density at radius 2 is 1.89 bits per heavy atom. The van der Waals surface area contributed by atoms with Crippen LogP contribution in [-0.4, -0.2) is 53.4 Å². The molecule has 0 aliphatic rings. The maximum Gasteiger partial charge on any atom is 0.321 e. The summed E-state index contributed by atoms with van der Waals surface area (Å²) in [4.78, 5) is 42.4. The molecule has 0 bridgehead atoms. The summed E-state index contributed by atoms with van der Waals surface area (Å²) in [6.45, 7) is 9.70. The molecule has 0 aliphatic carbocycles. The summed E-state index contributed by atoms with van der Waals surface area (Å²) in [6.07, 6.45) is 0. The molecular weight excluding hydrogens is 378 g/mol. The van der Waals surface area contributed by atoms with E-state index in [9.17, 15) is 14.4 Å². The number of carbonyl (C=O) groups excluding carboxylic acids is 2. The average molecular weight is 407 g/mol. The van der Waals surface area contributed by atoms with Gasteiger partial charge in [0.2, 0.25) is 5.91 Å². The van der Waals surface area contributed by atoms with Crippen molar-refractivity contribution in [2.45, 2.75) is 32.5 Å². The van der Waals surface area contributed by atoms with Gasteiger partial charge >= 0.3 is 6.03 Å². The van der Waals surface area contributed by atoms with Crippen LogP contribution in [0, 0.1) is 0 Å². The predicted molar refractivity (Wildman–Crippen MR) is 111 cm³/mol. The number of nitrogens with zero attached hydrogens (tertiary/aromatic N) is 2. The van der Waals surface area contributed by atoms with E-state index in [0.29, 0.717) is 29.1 Å². The quantitative estimate of drug-likeness (QED) is 0.410. The van der Waals surface area contributed by atoms with Crippen LogP contribution in [0.5, 0.6) is 0 Å². The second-order valence-corrected chi connectivity index (χ2v) is 7.21. The molecule has 0 spiro atoms. The lowest BCUT2D eigenvalue weighted by molar-refractivity contribution is -0.897. The molecule has 3 amide bonds. The van der Waals surface area contributed by atoms with Crippen molar-refractivity contribution in [3.63, 3.8) is 0 Å². The van der Waals surface area contributed by atoms with E-state index >= 15 is 0 Å². The highest BCUT2D eigenvalue weighted by Crippen LogP contribution is 2.17. The van der Waals surface area contributed by atoms with Crippen molar-refractivity contribution < 1.29 is 14.5 Å². The van der Waals surface area contributed by atoms with Crippen LogP contribution >= 0.6 is 11.8 Å². The maximum absolute atomic E-state index is 13.0. The van der Waals surface area contributed by atoms with Gasteiger partial charge in [-0.1, -0.05) is 23.9 Å². The number of aromatic nitrogens is 2. The molecule has 0 atom stereocenters. The molecule has 0 radical (unpaired) electrons. The fourth-order valence-corrected chi connectivity index (χ4v) is 3.65. The minimum atomic E-state index is -0.526. The van der Waals surface area contributed by atoms with Crippen LogP contribution in [-0.2, 0) is 11.3 Å². The normalized spacial score (nSPS) is 11.0. The van der Waals surface area contributed by atoms with Crippen molar-refractivity contribution in [3.05, 3.63) is 34.6 Å². The number of carbonyl (C=O) groups is 2. The average Bonchev–Trinajstić information content (AvgIpc) is 2.69. The largest absolute Gasteiger partial charge is 0.338 e. The number of benzene rings is 1. The minimum absolute atomic E-state index is 0.0000412. The Labute approximate surface area is 168 Å². The summed E-state index contributed by atoms with van der Waals surface area (Å²) >= 11 is 1.16. The van der Waals surface area contributed by atoms with Crippen molar-refractivity contribution in [3.8, 4) is 0 Å². The lowest BCUT2D eigenvalue weighted by Crippen LogP contribution is -3.11. The summed E-state index contributed by atoms with van der Waals surface area (Å²) in [7, 11) is 0. The zero-order chi connectivity index (χ0) is 20.5. The summed E-state index contributed by atoms with van der Waals surface area (Å²) in [5.74, 6) is -0.431. The molecule has 0 fully saturated rings. The fourth-order valence-electron chi connectivity index (χ4n) is 2.83. The van der Waals surface area contributed by atoms with E-state index in [4.69, 9.17) is 0 Å². The number of rotatable bonds is 9. The van der Waals surface area contributed by atoms with Crippen molar-refractivity contribution in [1.82, 2.24) is 20.2 Å². The van der Waals surface area contributed by atoms with E-state index in [0.717, 1.165) is 31.4 Å². The minimum Gasteiger partial charge on any atom is -0.338 e. The monoisotopic (exact) mass is 406 g/mol. The first kappa shape index (κ1) is 21.9. The number of urea groups is 1. The third-order valence-corrected chi connectivity index (χ3v) is 5.41. The van der Waals surface area contributed by atoms with Gasteiger partial charge in [0.05, 0.1) is 42.8 Å². The van der Waals surface area contributed by atoms with Gasteiger partial charge in [-0.25, -0.2) is 9.78 Å². The summed E-state index contributed by atoms with van der Waals surface area (Å²) < 4.78 is 1.64. The number of hydrogen-bond acceptors (Lipinski definition) is 5.